The molecule has 1 aliphatic rings. The van der Waals surface area contributed by atoms with Gasteiger partial charge in [0.15, 0.2) is 0 Å². The van der Waals surface area contributed by atoms with E-state index < -0.39 is 0 Å². The summed E-state index contributed by atoms with van der Waals surface area (Å²) in [6.45, 7) is 4.16. The third kappa shape index (κ3) is 3.01. The number of rotatable bonds is 3. The van der Waals surface area contributed by atoms with E-state index in [1.807, 2.05) is 24.4 Å². The Bertz CT molecular complexity index is 283. The SMILES string of the molecule is C[C@H](O[C@@H]1CCCNC1)c1ccccn1. The molecule has 1 aromatic heterocycles. The lowest BCUT2D eigenvalue weighted by Crippen LogP contribution is -2.35. The summed E-state index contributed by atoms with van der Waals surface area (Å²) in [6.07, 6.45) is 4.62. The summed E-state index contributed by atoms with van der Waals surface area (Å²) in [5.74, 6) is 0. The van der Waals surface area contributed by atoms with E-state index in [0.29, 0.717) is 6.10 Å². The van der Waals surface area contributed by atoms with Crippen molar-refractivity contribution in [1.29, 1.82) is 0 Å². The van der Waals surface area contributed by atoms with Crippen molar-refractivity contribution >= 4 is 0 Å². The van der Waals surface area contributed by atoms with Gasteiger partial charge in [-0.05, 0) is 38.4 Å². The van der Waals surface area contributed by atoms with Crippen LogP contribution in [-0.2, 0) is 4.74 Å². The zero-order chi connectivity index (χ0) is 10.5. The molecule has 1 fully saturated rings. The maximum absolute atomic E-state index is 5.95. The Morgan fingerprint density at radius 2 is 2.47 bits per heavy atom. The lowest BCUT2D eigenvalue weighted by molar-refractivity contribution is -0.0169. The van der Waals surface area contributed by atoms with Crippen LogP contribution >= 0.6 is 0 Å². The Kier molecular flexibility index (Phi) is 3.69. The van der Waals surface area contributed by atoms with E-state index in [4.69, 9.17) is 4.74 Å². The van der Waals surface area contributed by atoms with Crippen LogP contribution in [0.15, 0.2) is 24.4 Å². The number of pyridine rings is 1. The molecular formula is C12H18N2O. The van der Waals surface area contributed by atoms with Crippen molar-refractivity contribution in [3.05, 3.63) is 30.1 Å². The third-order valence-corrected chi connectivity index (χ3v) is 2.75. The summed E-state index contributed by atoms with van der Waals surface area (Å²) >= 11 is 0. The van der Waals surface area contributed by atoms with E-state index in [1.165, 1.54) is 6.42 Å². The van der Waals surface area contributed by atoms with Crippen molar-refractivity contribution in [2.45, 2.75) is 32.0 Å². The van der Waals surface area contributed by atoms with Crippen LogP contribution in [-0.4, -0.2) is 24.2 Å². The predicted octanol–water partition coefficient (Wildman–Crippen LogP) is 1.91. The Morgan fingerprint density at radius 1 is 1.53 bits per heavy atom. The first kappa shape index (κ1) is 10.6. The largest absolute Gasteiger partial charge is 0.368 e. The molecule has 1 N–H and O–H groups in total. The molecule has 0 aliphatic carbocycles. The summed E-state index contributed by atoms with van der Waals surface area (Å²) in [7, 11) is 0. The van der Waals surface area contributed by atoms with Crippen LogP contribution < -0.4 is 5.32 Å². The number of hydrogen-bond donors (Lipinski definition) is 1. The smallest absolute Gasteiger partial charge is 0.0970 e. The van der Waals surface area contributed by atoms with Gasteiger partial charge < -0.3 is 10.1 Å². The molecular weight excluding hydrogens is 188 g/mol. The minimum atomic E-state index is 0.0936. The standard InChI is InChI=1S/C12H18N2O/c1-10(12-6-2-3-8-14-12)15-11-5-4-7-13-9-11/h2-3,6,8,10-11,13H,4-5,7,9H2,1H3/t10-,11+/m0/s1. The molecule has 1 aliphatic heterocycles. The maximum atomic E-state index is 5.95. The fourth-order valence-electron chi connectivity index (χ4n) is 1.91. The average molecular weight is 206 g/mol. The van der Waals surface area contributed by atoms with Crippen molar-refractivity contribution < 1.29 is 4.74 Å². The van der Waals surface area contributed by atoms with Crippen molar-refractivity contribution in [1.82, 2.24) is 10.3 Å². The number of hydrogen-bond acceptors (Lipinski definition) is 3. The predicted molar refractivity (Wildman–Crippen MR) is 59.6 cm³/mol. The summed E-state index contributed by atoms with van der Waals surface area (Å²) in [5.41, 5.74) is 1.02. The molecule has 0 saturated carbocycles. The average Bonchev–Trinajstić information content (AvgIpc) is 2.31. The number of nitrogens with one attached hydrogen (secondary N) is 1. The molecule has 0 bridgehead atoms. The Hall–Kier alpha value is -0.930. The molecule has 2 heterocycles. The quantitative estimate of drug-likeness (QED) is 0.820. The highest BCUT2D eigenvalue weighted by molar-refractivity contribution is 5.06. The number of nitrogens with zero attached hydrogens (tertiary/aromatic N) is 1. The molecule has 0 radical (unpaired) electrons. The first-order valence-electron chi connectivity index (χ1n) is 5.63. The molecule has 1 aromatic rings. The molecule has 82 valence electrons. The van der Waals surface area contributed by atoms with Crippen LogP contribution in [0.1, 0.15) is 31.6 Å². The summed E-state index contributed by atoms with van der Waals surface area (Å²) in [5, 5.41) is 3.35. The second-order valence-corrected chi connectivity index (χ2v) is 4.00. The minimum Gasteiger partial charge on any atom is -0.368 e. The van der Waals surface area contributed by atoms with Crippen LogP contribution in [0.25, 0.3) is 0 Å². The van der Waals surface area contributed by atoms with Gasteiger partial charge in [-0.15, -0.1) is 0 Å². The highest BCUT2D eigenvalue weighted by Crippen LogP contribution is 2.18. The number of aromatic nitrogens is 1. The van der Waals surface area contributed by atoms with E-state index in [9.17, 15) is 0 Å². The zero-order valence-corrected chi connectivity index (χ0v) is 9.15. The van der Waals surface area contributed by atoms with Gasteiger partial charge in [0.1, 0.15) is 0 Å². The van der Waals surface area contributed by atoms with Crippen molar-refractivity contribution in [2.75, 3.05) is 13.1 Å². The first-order chi connectivity index (χ1) is 7.36. The summed E-state index contributed by atoms with van der Waals surface area (Å²) in [4.78, 5) is 4.30. The van der Waals surface area contributed by atoms with Crippen LogP contribution in [0.2, 0.25) is 0 Å². The Labute approximate surface area is 90.9 Å². The second-order valence-electron chi connectivity index (χ2n) is 4.00. The van der Waals surface area contributed by atoms with Crippen LogP contribution in [0, 0.1) is 0 Å². The summed E-state index contributed by atoms with van der Waals surface area (Å²) < 4.78 is 5.95. The van der Waals surface area contributed by atoms with Crippen molar-refractivity contribution in [2.24, 2.45) is 0 Å². The molecule has 2 atom stereocenters. The molecule has 1 saturated heterocycles. The van der Waals surface area contributed by atoms with Gasteiger partial charge in [-0.25, -0.2) is 0 Å². The van der Waals surface area contributed by atoms with Gasteiger partial charge in [-0.3, -0.25) is 4.98 Å². The normalized spacial score (nSPS) is 23.7. The highest BCUT2D eigenvalue weighted by Gasteiger charge is 2.17. The van der Waals surface area contributed by atoms with Gasteiger partial charge >= 0.3 is 0 Å². The van der Waals surface area contributed by atoms with Crippen LogP contribution in [0.4, 0.5) is 0 Å². The Balaban J connectivity index is 1.88. The lowest BCUT2D eigenvalue weighted by atomic mass is 10.1. The fraction of sp³-hybridized carbons (Fsp3) is 0.583. The fourth-order valence-corrected chi connectivity index (χ4v) is 1.91. The van der Waals surface area contributed by atoms with Crippen LogP contribution in [0.5, 0.6) is 0 Å². The molecule has 0 aromatic carbocycles. The number of ether oxygens (including phenoxy) is 1. The molecule has 0 amide bonds. The van der Waals surface area contributed by atoms with Gasteiger partial charge in [0.05, 0.1) is 17.9 Å². The molecule has 0 spiro atoms. The monoisotopic (exact) mass is 206 g/mol. The minimum absolute atomic E-state index is 0.0936. The van der Waals surface area contributed by atoms with Gasteiger partial charge in [0.25, 0.3) is 0 Å². The van der Waals surface area contributed by atoms with E-state index in [0.717, 1.165) is 25.2 Å². The zero-order valence-electron chi connectivity index (χ0n) is 9.15. The van der Waals surface area contributed by atoms with E-state index in [1.54, 1.807) is 0 Å². The van der Waals surface area contributed by atoms with Gasteiger partial charge in [-0.2, -0.15) is 0 Å². The topological polar surface area (TPSA) is 34.1 Å². The third-order valence-electron chi connectivity index (χ3n) is 2.75. The van der Waals surface area contributed by atoms with E-state index in [2.05, 4.69) is 17.2 Å². The molecule has 2 rings (SSSR count). The van der Waals surface area contributed by atoms with Crippen molar-refractivity contribution in [3.63, 3.8) is 0 Å². The maximum Gasteiger partial charge on any atom is 0.0970 e. The number of piperidine rings is 1. The van der Waals surface area contributed by atoms with Gasteiger partial charge in [0, 0.05) is 12.7 Å². The lowest BCUT2D eigenvalue weighted by Gasteiger charge is -2.26. The van der Waals surface area contributed by atoms with E-state index >= 15 is 0 Å². The first-order valence-corrected chi connectivity index (χ1v) is 5.63. The summed E-state index contributed by atoms with van der Waals surface area (Å²) in [6, 6.07) is 5.95. The second kappa shape index (κ2) is 5.24. The van der Waals surface area contributed by atoms with E-state index in [-0.39, 0.29) is 6.10 Å². The molecule has 3 nitrogen and oxygen atoms in total. The van der Waals surface area contributed by atoms with Gasteiger partial charge in [0.2, 0.25) is 0 Å². The molecule has 15 heavy (non-hydrogen) atoms. The van der Waals surface area contributed by atoms with Gasteiger partial charge in [-0.1, -0.05) is 6.07 Å². The molecule has 3 heteroatoms. The van der Waals surface area contributed by atoms with Crippen LogP contribution in [0.3, 0.4) is 0 Å². The molecule has 0 unspecified atom stereocenters. The Morgan fingerprint density at radius 3 is 3.13 bits per heavy atom. The highest BCUT2D eigenvalue weighted by atomic mass is 16.5. The van der Waals surface area contributed by atoms with Crippen molar-refractivity contribution in [3.8, 4) is 0 Å².